The van der Waals surface area contributed by atoms with E-state index in [1.54, 1.807) is 0 Å². The fourth-order valence-corrected chi connectivity index (χ4v) is 2.93. The molecule has 1 aromatic heterocycles. The number of aromatic amines is 1. The third kappa shape index (κ3) is 4.62. The average molecular weight is 379 g/mol. The summed E-state index contributed by atoms with van der Waals surface area (Å²) in [4.78, 5) is 26.2. The number of halogens is 1. The monoisotopic (exact) mass is 378 g/mol. The van der Waals surface area contributed by atoms with Crippen molar-refractivity contribution in [3.05, 3.63) is 52.8 Å². The summed E-state index contributed by atoms with van der Waals surface area (Å²) in [5.41, 5.74) is 3.38. The van der Waals surface area contributed by atoms with Crippen LogP contribution in [-0.4, -0.2) is 53.7 Å². The summed E-state index contributed by atoms with van der Waals surface area (Å²) in [5, 5.41) is 10.4. The zero-order valence-electron chi connectivity index (χ0n) is 14.7. The van der Waals surface area contributed by atoms with Gasteiger partial charge in [-0.2, -0.15) is 5.10 Å². The van der Waals surface area contributed by atoms with Gasteiger partial charge >= 0.3 is 5.97 Å². The third-order valence-corrected chi connectivity index (χ3v) is 4.36. The third-order valence-electron chi connectivity index (χ3n) is 4.36. The van der Waals surface area contributed by atoms with E-state index in [0.29, 0.717) is 25.2 Å². The molecule has 0 aliphatic carbocycles. The van der Waals surface area contributed by atoms with Gasteiger partial charge in [-0.05, 0) is 12.0 Å². The molecule has 140 valence electrons. The largest absolute Gasteiger partial charge is 0.468 e. The smallest absolute Gasteiger partial charge is 0.325 e. The van der Waals surface area contributed by atoms with Gasteiger partial charge in [-0.15, -0.1) is 12.4 Å². The van der Waals surface area contributed by atoms with Crippen LogP contribution in [0.5, 0.6) is 0 Å². The highest BCUT2D eigenvalue weighted by atomic mass is 35.5. The van der Waals surface area contributed by atoms with E-state index in [0.717, 1.165) is 29.8 Å². The molecule has 26 heavy (non-hydrogen) atoms. The molecule has 2 aromatic rings. The first kappa shape index (κ1) is 19.9. The fourth-order valence-electron chi connectivity index (χ4n) is 2.93. The molecule has 0 saturated heterocycles. The lowest BCUT2D eigenvalue weighted by atomic mass is 10.1. The van der Waals surface area contributed by atoms with Gasteiger partial charge in [0.25, 0.3) is 5.91 Å². The number of carbonyl (C=O) groups excluding carboxylic acids is 2. The molecule has 1 aliphatic rings. The number of H-pyrrole nitrogens is 1. The molecule has 7 nitrogen and oxygen atoms in total. The zero-order valence-corrected chi connectivity index (χ0v) is 15.5. The normalized spacial score (nSPS) is 12.7. The number of nitrogens with zero attached hydrogens (tertiary/aromatic N) is 2. The molecular weight excluding hydrogens is 356 g/mol. The van der Waals surface area contributed by atoms with Crippen LogP contribution in [0.3, 0.4) is 0 Å². The van der Waals surface area contributed by atoms with Crippen molar-refractivity contribution in [2.24, 2.45) is 0 Å². The second-order valence-electron chi connectivity index (χ2n) is 5.99. The van der Waals surface area contributed by atoms with Gasteiger partial charge in [0.1, 0.15) is 6.54 Å². The number of esters is 1. The second kappa shape index (κ2) is 9.35. The molecule has 0 atom stereocenters. The minimum absolute atomic E-state index is 0. The number of aromatic nitrogens is 2. The van der Waals surface area contributed by atoms with E-state index in [-0.39, 0.29) is 24.9 Å². The molecule has 3 rings (SSSR count). The molecule has 0 fully saturated rings. The Labute approximate surface area is 158 Å². The summed E-state index contributed by atoms with van der Waals surface area (Å²) in [7, 11) is 1.32. The fraction of sp³-hybridized carbons (Fsp3) is 0.389. The number of amides is 1. The predicted molar refractivity (Wildman–Crippen MR) is 99.3 cm³/mol. The number of methoxy groups -OCH3 is 1. The molecule has 0 spiro atoms. The van der Waals surface area contributed by atoms with Crippen LogP contribution in [0.1, 0.15) is 27.3 Å². The first-order chi connectivity index (χ1) is 12.2. The average Bonchev–Trinajstić information content (AvgIpc) is 3.09. The second-order valence-corrected chi connectivity index (χ2v) is 5.99. The topological polar surface area (TPSA) is 87.3 Å². The number of benzene rings is 1. The Morgan fingerprint density at radius 3 is 2.77 bits per heavy atom. The number of ether oxygens (including phenoxy) is 1. The van der Waals surface area contributed by atoms with Crippen molar-refractivity contribution in [3.8, 4) is 0 Å². The van der Waals surface area contributed by atoms with Crippen molar-refractivity contribution in [2.75, 3.05) is 26.7 Å². The lowest BCUT2D eigenvalue weighted by Crippen LogP contribution is -2.38. The number of hydrogen-bond donors (Lipinski definition) is 2. The zero-order chi connectivity index (χ0) is 17.6. The quantitative estimate of drug-likeness (QED) is 0.740. The minimum atomic E-state index is -0.441. The molecule has 0 bridgehead atoms. The summed E-state index contributed by atoms with van der Waals surface area (Å²) in [6, 6.07) is 9.86. The van der Waals surface area contributed by atoms with Gasteiger partial charge < -0.3 is 15.0 Å². The molecular formula is C18H23ClN4O3. The van der Waals surface area contributed by atoms with Crippen molar-refractivity contribution in [2.45, 2.75) is 19.4 Å². The number of fused-ring (bicyclic) bond motifs is 1. The molecule has 0 radical (unpaired) electrons. The van der Waals surface area contributed by atoms with Crippen LogP contribution in [0, 0.1) is 0 Å². The summed E-state index contributed by atoms with van der Waals surface area (Å²) >= 11 is 0. The van der Waals surface area contributed by atoms with Crippen LogP contribution < -0.4 is 5.32 Å². The number of hydrogen-bond acceptors (Lipinski definition) is 5. The van der Waals surface area contributed by atoms with Crippen molar-refractivity contribution in [3.63, 3.8) is 0 Å². The first-order valence-corrected chi connectivity index (χ1v) is 8.36. The van der Waals surface area contributed by atoms with Crippen molar-refractivity contribution >= 4 is 24.3 Å². The van der Waals surface area contributed by atoms with Crippen LogP contribution in [0.15, 0.2) is 30.3 Å². The Morgan fingerprint density at radius 2 is 2.04 bits per heavy atom. The molecule has 1 aliphatic heterocycles. The van der Waals surface area contributed by atoms with E-state index in [1.807, 2.05) is 30.3 Å². The van der Waals surface area contributed by atoms with Gasteiger partial charge in [0, 0.05) is 37.3 Å². The predicted octanol–water partition coefficient (Wildman–Crippen LogP) is 1.34. The van der Waals surface area contributed by atoms with Gasteiger partial charge in [0.15, 0.2) is 5.69 Å². The molecule has 1 amide bonds. The van der Waals surface area contributed by atoms with Crippen LogP contribution in [0.4, 0.5) is 0 Å². The van der Waals surface area contributed by atoms with E-state index < -0.39 is 5.97 Å². The summed E-state index contributed by atoms with van der Waals surface area (Å²) in [5.74, 6) is -0.688. The van der Waals surface area contributed by atoms with E-state index in [2.05, 4.69) is 15.5 Å². The van der Waals surface area contributed by atoms with Gasteiger partial charge in [-0.1, -0.05) is 30.3 Å². The maximum Gasteiger partial charge on any atom is 0.325 e. The molecule has 0 saturated carbocycles. The summed E-state index contributed by atoms with van der Waals surface area (Å²) < 4.78 is 4.74. The number of rotatable bonds is 6. The molecule has 2 heterocycles. The highest BCUT2D eigenvalue weighted by Gasteiger charge is 2.26. The Morgan fingerprint density at radius 1 is 1.27 bits per heavy atom. The van der Waals surface area contributed by atoms with Crippen LogP contribution >= 0.6 is 12.4 Å². The summed E-state index contributed by atoms with van der Waals surface area (Å²) in [6.45, 7) is 1.81. The Bertz CT molecular complexity index is 748. The molecule has 0 unspecified atom stereocenters. The lowest BCUT2D eigenvalue weighted by Gasteiger charge is -2.22. The van der Waals surface area contributed by atoms with Crippen LogP contribution in [0.2, 0.25) is 0 Å². The maximum atomic E-state index is 13.0. The van der Waals surface area contributed by atoms with Crippen LogP contribution in [-0.2, 0) is 28.9 Å². The molecule has 8 heteroatoms. The van der Waals surface area contributed by atoms with Crippen molar-refractivity contribution in [1.82, 2.24) is 20.4 Å². The van der Waals surface area contributed by atoms with Gasteiger partial charge in [-0.3, -0.25) is 14.7 Å². The Hall–Kier alpha value is -2.38. The number of carbonyl (C=O) groups is 2. The SMILES string of the molecule is COC(=O)CN(CCc1ccccc1)C(=O)c1n[nH]c2c1CNCC2.Cl. The summed E-state index contributed by atoms with van der Waals surface area (Å²) in [6.07, 6.45) is 1.48. The first-order valence-electron chi connectivity index (χ1n) is 8.36. The van der Waals surface area contributed by atoms with E-state index in [1.165, 1.54) is 12.0 Å². The highest BCUT2D eigenvalue weighted by Crippen LogP contribution is 2.17. The Balaban J connectivity index is 0.00000243. The lowest BCUT2D eigenvalue weighted by molar-refractivity contribution is -0.141. The van der Waals surface area contributed by atoms with Crippen LogP contribution in [0.25, 0.3) is 0 Å². The highest BCUT2D eigenvalue weighted by molar-refractivity contribution is 5.95. The van der Waals surface area contributed by atoms with E-state index in [9.17, 15) is 9.59 Å². The number of nitrogens with one attached hydrogen (secondary N) is 2. The molecule has 2 N–H and O–H groups in total. The van der Waals surface area contributed by atoms with Gasteiger partial charge in [0.2, 0.25) is 0 Å². The Kier molecular flexibility index (Phi) is 7.17. The minimum Gasteiger partial charge on any atom is -0.468 e. The maximum absolute atomic E-state index is 13.0. The van der Waals surface area contributed by atoms with Gasteiger partial charge in [-0.25, -0.2) is 0 Å². The molecule has 1 aromatic carbocycles. The van der Waals surface area contributed by atoms with E-state index in [4.69, 9.17) is 4.74 Å². The van der Waals surface area contributed by atoms with Gasteiger partial charge in [0.05, 0.1) is 7.11 Å². The van der Waals surface area contributed by atoms with Crippen molar-refractivity contribution < 1.29 is 14.3 Å². The van der Waals surface area contributed by atoms with E-state index >= 15 is 0 Å². The van der Waals surface area contributed by atoms with Crippen molar-refractivity contribution in [1.29, 1.82) is 0 Å². The standard InChI is InChI=1S/C18H22N4O3.ClH/c1-25-16(23)12-22(10-8-13-5-3-2-4-6-13)18(24)17-14-11-19-9-7-15(14)20-21-17;/h2-6,19H,7-12H2,1H3,(H,20,21);1H.